The summed E-state index contributed by atoms with van der Waals surface area (Å²) in [6.07, 6.45) is 0. The molecular weight excluding hydrogens is 1640 g/mol. The number of fused-ring (bicyclic) bond motifs is 12. The van der Waals surface area contributed by atoms with E-state index in [4.69, 9.17) is 44.9 Å². The largest absolute Gasteiger partial charge is 0.208 e. The van der Waals surface area contributed by atoms with Gasteiger partial charge in [0.05, 0.1) is 0 Å². The predicted octanol–water partition coefficient (Wildman–Crippen LogP) is 31.7. The van der Waals surface area contributed by atoms with Crippen molar-refractivity contribution in [2.75, 3.05) is 0 Å². The van der Waals surface area contributed by atoms with E-state index in [1.807, 2.05) is 158 Å². The summed E-state index contributed by atoms with van der Waals surface area (Å²) in [5.74, 6) is 5.94. The van der Waals surface area contributed by atoms with E-state index >= 15 is 0 Å². The lowest BCUT2D eigenvalue weighted by atomic mass is 9.80. The summed E-state index contributed by atoms with van der Waals surface area (Å²) >= 11 is 0. The number of benzene rings is 19. The molecule has 0 saturated heterocycles. The van der Waals surface area contributed by atoms with E-state index in [0.717, 1.165) is 61.2 Å². The van der Waals surface area contributed by atoms with Crippen molar-refractivity contribution >= 4 is 32.3 Å². The Labute approximate surface area is 786 Å². The van der Waals surface area contributed by atoms with E-state index in [1.165, 1.54) is 132 Å². The molecule has 3 aromatic heterocycles. The van der Waals surface area contributed by atoms with Crippen molar-refractivity contribution in [3.63, 3.8) is 0 Å². The summed E-state index contributed by atoms with van der Waals surface area (Å²) in [4.78, 5) is 44.6. The molecule has 0 fully saturated rings. The van der Waals surface area contributed by atoms with Crippen molar-refractivity contribution in [2.45, 2.75) is 57.8 Å². The summed E-state index contributed by atoms with van der Waals surface area (Å²) in [7, 11) is 0. The zero-order valence-electron chi connectivity index (χ0n) is 75.7. The van der Waals surface area contributed by atoms with E-state index in [-0.39, 0.29) is 16.2 Å². The third-order valence-electron chi connectivity index (χ3n) is 27.4. The number of nitrogens with zero attached hydrogens (tertiary/aromatic N) is 9. The van der Waals surface area contributed by atoms with Crippen LogP contribution in [-0.4, -0.2) is 44.9 Å². The van der Waals surface area contributed by atoms with E-state index in [0.29, 0.717) is 52.4 Å². The fraction of sp³-hybridized carbons (Fsp3) is 0.0714. The van der Waals surface area contributed by atoms with Gasteiger partial charge in [0.15, 0.2) is 52.4 Å². The zero-order chi connectivity index (χ0) is 90.9. The maximum Gasteiger partial charge on any atom is 0.164 e. The van der Waals surface area contributed by atoms with Gasteiger partial charge >= 0.3 is 0 Å². The van der Waals surface area contributed by atoms with Crippen molar-refractivity contribution in [1.29, 1.82) is 0 Å². The molecule has 25 rings (SSSR count). The molecule has 3 aliphatic rings. The molecule has 0 radical (unpaired) electrons. The van der Waals surface area contributed by atoms with Crippen molar-refractivity contribution in [3.05, 3.63) is 476 Å². The summed E-state index contributed by atoms with van der Waals surface area (Å²) < 4.78 is 0. The molecule has 0 saturated carbocycles. The Morgan fingerprint density at radius 2 is 0.326 bits per heavy atom. The van der Waals surface area contributed by atoms with Gasteiger partial charge in [-0.2, -0.15) is 0 Å². The maximum atomic E-state index is 5.04. The highest BCUT2D eigenvalue weighted by Gasteiger charge is 2.41. The molecule has 0 amide bonds. The average molecular weight is 1730 g/mol. The lowest BCUT2D eigenvalue weighted by Crippen LogP contribution is -2.14. The molecule has 22 aromatic rings. The Morgan fingerprint density at radius 3 is 0.615 bits per heavy atom. The van der Waals surface area contributed by atoms with Crippen molar-refractivity contribution in [1.82, 2.24) is 44.9 Å². The van der Waals surface area contributed by atoms with Crippen molar-refractivity contribution < 1.29 is 0 Å². The molecule has 9 heteroatoms. The molecule has 19 aromatic carbocycles. The zero-order valence-corrected chi connectivity index (χ0v) is 75.7. The quantitative estimate of drug-likeness (QED) is 0.111. The third kappa shape index (κ3) is 15.0. The van der Waals surface area contributed by atoms with Gasteiger partial charge in [0.1, 0.15) is 0 Å². The first kappa shape index (κ1) is 82.4. The predicted molar refractivity (Wildman–Crippen MR) is 555 cm³/mol. The molecule has 135 heavy (non-hydrogen) atoms. The van der Waals surface area contributed by atoms with Gasteiger partial charge in [0, 0.05) is 66.3 Å². The second kappa shape index (κ2) is 34.1. The van der Waals surface area contributed by atoms with Crippen LogP contribution in [0.5, 0.6) is 0 Å². The van der Waals surface area contributed by atoms with Gasteiger partial charge in [0.25, 0.3) is 0 Å². The van der Waals surface area contributed by atoms with Gasteiger partial charge in [-0.1, -0.05) is 460 Å². The van der Waals surface area contributed by atoms with Gasteiger partial charge in [-0.05, 0) is 168 Å². The van der Waals surface area contributed by atoms with Crippen LogP contribution in [0.3, 0.4) is 0 Å². The van der Waals surface area contributed by atoms with Crippen LogP contribution >= 0.6 is 0 Å². The Kier molecular flexibility index (Phi) is 20.8. The molecule has 0 bridgehead atoms. The van der Waals surface area contributed by atoms with Gasteiger partial charge < -0.3 is 0 Å². The molecule has 0 N–H and O–H groups in total. The first-order valence-electron chi connectivity index (χ1n) is 46.2. The van der Waals surface area contributed by atoms with Crippen LogP contribution in [0.25, 0.3) is 213 Å². The average Bonchev–Trinajstić information content (AvgIpc) is 1.57. The molecule has 640 valence electrons. The Morgan fingerprint density at radius 1 is 0.133 bits per heavy atom. The van der Waals surface area contributed by atoms with Crippen molar-refractivity contribution in [2.24, 2.45) is 0 Å². The number of rotatable bonds is 13. The second-order valence-corrected chi connectivity index (χ2v) is 36.6. The van der Waals surface area contributed by atoms with Gasteiger partial charge in [-0.15, -0.1) is 0 Å². The van der Waals surface area contributed by atoms with E-state index in [1.54, 1.807) is 0 Å². The molecule has 9 nitrogen and oxygen atoms in total. The fourth-order valence-corrected chi connectivity index (χ4v) is 20.5. The normalized spacial score (nSPS) is 13.0. The summed E-state index contributed by atoms with van der Waals surface area (Å²) in [5.41, 5.74) is 34.2. The van der Waals surface area contributed by atoms with E-state index in [9.17, 15) is 0 Å². The van der Waals surface area contributed by atoms with Gasteiger partial charge in [-0.3, -0.25) is 0 Å². The van der Waals surface area contributed by atoms with Crippen LogP contribution in [-0.2, 0) is 16.2 Å². The number of aromatic nitrogens is 9. The van der Waals surface area contributed by atoms with Crippen LogP contribution < -0.4 is 0 Å². The first-order chi connectivity index (χ1) is 66.2. The monoisotopic (exact) mass is 1730 g/mol. The van der Waals surface area contributed by atoms with Crippen molar-refractivity contribution in [3.8, 4) is 180 Å². The number of hydrogen-bond donors (Lipinski definition) is 0. The molecule has 0 aliphatic heterocycles. The second-order valence-electron chi connectivity index (χ2n) is 36.6. The first-order valence-corrected chi connectivity index (χ1v) is 46.2. The van der Waals surface area contributed by atoms with Crippen LogP contribution in [0.4, 0.5) is 0 Å². The molecule has 0 atom stereocenters. The molecule has 0 unspecified atom stereocenters. The molecule has 3 heterocycles. The van der Waals surface area contributed by atoms with Crippen LogP contribution in [0.2, 0.25) is 0 Å². The van der Waals surface area contributed by atoms with Crippen LogP contribution in [0, 0.1) is 0 Å². The third-order valence-corrected chi connectivity index (χ3v) is 27.4. The minimum Gasteiger partial charge on any atom is -0.208 e. The highest BCUT2D eigenvalue weighted by atomic mass is 15.1. The van der Waals surface area contributed by atoms with Crippen LogP contribution in [0.15, 0.2) is 443 Å². The standard InChI is InChI=1S/C46H33N3.2C40H29N3/c1-46(2)39-20-12-11-19-38(39)42-40(46)29-36-17-9-10-18-37(36)41(42)32-23-27-35(28-24-32)45-48-43(33-15-7-4-8-16-33)47-44(49-45)34-25-21-31(22-26-34)30-13-5-3-6-14-30;1-40(2)33-23-12-11-22-32(33)36-34(40)25-28-18-9-10-21-31(28)35(36)29-19-13-20-30(24-29)39-42-37(26-14-5-3-6-15-26)41-38(43-39)27-16-7-4-8-17-27;1-40(2)33-20-12-11-19-32(33)36-34(40)25-30-17-9-10-18-31(30)35(36)26-21-23-29(24-22-26)39-42-37(27-13-5-3-6-14-27)41-38(43-39)28-15-7-4-8-16-28/h3-29H,1-2H3;2*3-25H,1-2H3. The van der Waals surface area contributed by atoms with E-state index in [2.05, 4.69) is 327 Å². The van der Waals surface area contributed by atoms with Gasteiger partial charge in [0.2, 0.25) is 0 Å². The minimum absolute atomic E-state index is 0.0722. The summed E-state index contributed by atoms with van der Waals surface area (Å²) in [5, 5.41) is 7.54. The maximum absolute atomic E-state index is 5.04. The fourth-order valence-electron chi connectivity index (χ4n) is 20.5. The summed E-state index contributed by atoms with van der Waals surface area (Å²) in [6.45, 7) is 14.1. The lowest BCUT2D eigenvalue weighted by molar-refractivity contribution is 0.661. The lowest BCUT2D eigenvalue weighted by Gasteiger charge is -2.23. The highest BCUT2D eigenvalue weighted by Crippen LogP contribution is 2.58. The minimum atomic E-state index is -0.0916. The van der Waals surface area contributed by atoms with Crippen LogP contribution in [0.1, 0.15) is 74.9 Å². The Balaban J connectivity index is 0.000000114. The SMILES string of the molecule is CC1(C)c2ccccc2-c2c1cc1ccccc1c2-c1ccc(-c2nc(-c3ccccc3)nc(-c3ccc(-c4ccccc4)cc3)n2)cc1.CC1(C)c2ccccc2-c2c1cc1ccccc1c2-c1ccc(-c2nc(-c3ccccc3)nc(-c3ccccc3)n2)cc1.CC1(C)c2ccccc2-c2c1cc1ccccc1c2-c1cccc(-c2nc(-c3ccccc3)nc(-c3ccccc3)n2)c1. The Hall–Kier alpha value is -17.0. The Bertz CT molecular complexity index is 8200. The molecule has 3 aliphatic carbocycles. The van der Waals surface area contributed by atoms with E-state index < -0.39 is 0 Å². The number of hydrogen-bond acceptors (Lipinski definition) is 9. The smallest absolute Gasteiger partial charge is 0.164 e. The molecule has 0 spiro atoms. The summed E-state index contributed by atoms with van der Waals surface area (Å²) in [6, 6.07) is 156. The highest BCUT2D eigenvalue weighted by molar-refractivity contribution is 6.11. The van der Waals surface area contributed by atoms with Gasteiger partial charge in [-0.25, -0.2) is 44.9 Å². The molecular formula is C126H91N9. The topological polar surface area (TPSA) is 116 Å².